The van der Waals surface area contributed by atoms with Gasteiger partial charge in [-0.25, -0.2) is 9.59 Å². The number of hydrogen-bond acceptors (Lipinski definition) is 5. The first-order valence-corrected chi connectivity index (χ1v) is 5.16. The molecule has 0 fully saturated rings. The lowest BCUT2D eigenvalue weighted by Gasteiger charge is -2.07. The molecule has 0 aromatic carbocycles. The van der Waals surface area contributed by atoms with Crippen LogP contribution in [0.3, 0.4) is 0 Å². The van der Waals surface area contributed by atoms with Gasteiger partial charge in [-0.15, -0.1) is 0 Å². The lowest BCUT2D eigenvalue weighted by Crippen LogP contribution is -2.32. The number of nitrogens with two attached hydrogens (primary N) is 1. The van der Waals surface area contributed by atoms with Crippen LogP contribution in [-0.2, 0) is 11.2 Å². The van der Waals surface area contributed by atoms with Crippen molar-refractivity contribution in [3.63, 3.8) is 0 Å². The van der Waals surface area contributed by atoms with Crippen molar-refractivity contribution in [3.8, 4) is 0 Å². The number of hydrogen-bond donors (Lipinski definition) is 3. The van der Waals surface area contributed by atoms with Crippen molar-refractivity contribution in [1.82, 2.24) is 0 Å². The van der Waals surface area contributed by atoms with Crippen LogP contribution in [0.15, 0.2) is 19.8 Å². The van der Waals surface area contributed by atoms with Crippen LogP contribution in [0.1, 0.15) is 16.1 Å². The SMILES string of the molecule is NC(Cc1cc(C(=O)O)oc(=O)c1Br)C(=O)O. The second-order valence-corrected chi connectivity index (χ2v) is 3.98. The van der Waals surface area contributed by atoms with E-state index >= 15 is 0 Å². The molecule has 1 atom stereocenters. The maximum absolute atomic E-state index is 11.3. The summed E-state index contributed by atoms with van der Waals surface area (Å²) in [5.41, 5.74) is 4.58. The Bertz CT molecular complexity index is 523. The number of rotatable bonds is 4. The van der Waals surface area contributed by atoms with E-state index in [2.05, 4.69) is 20.3 Å². The highest BCUT2D eigenvalue weighted by molar-refractivity contribution is 9.10. The van der Waals surface area contributed by atoms with Crippen LogP contribution in [0.5, 0.6) is 0 Å². The number of carbonyl (C=O) groups is 2. The quantitative estimate of drug-likeness (QED) is 0.716. The number of carboxylic acids is 2. The molecular weight excluding hydrogens is 298 g/mol. The van der Waals surface area contributed by atoms with Crippen molar-refractivity contribution < 1.29 is 24.2 Å². The van der Waals surface area contributed by atoms with Gasteiger partial charge in [0, 0.05) is 0 Å². The van der Waals surface area contributed by atoms with Gasteiger partial charge in [0.05, 0.1) is 0 Å². The van der Waals surface area contributed by atoms with Crippen molar-refractivity contribution in [2.45, 2.75) is 12.5 Å². The van der Waals surface area contributed by atoms with E-state index in [0.717, 1.165) is 6.07 Å². The van der Waals surface area contributed by atoms with Gasteiger partial charge in [0.15, 0.2) is 0 Å². The summed E-state index contributed by atoms with van der Waals surface area (Å²) in [6, 6.07) is -0.161. The minimum absolute atomic E-state index is 0.0285. The number of halogens is 1. The molecule has 0 saturated carbocycles. The van der Waals surface area contributed by atoms with E-state index in [1.807, 2.05) is 0 Å². The Morgan fingerprint density at radius 1 is 1.47 bits per heavy atom. The third-order valence-corrected chi connectivity index (χ3v) is 2.77. The first-order valence-electron chi connectivity index (χ1n) is 4.37. The smallest absolute Gasteiger partial charge is 0.371 e. The van der Waals surface area contributed by atoms with Crippen LogP contribution in [0.2, 0.25) is 0 Å². The lowest BCUT2D eigenvalue weighted by atomic mass is 10.1. The van der Waals surface area contributed by atoms with Crippen LogP contribution in [0.25, 0.3) is 0 Å². The Morgan fingerprint density at radius 2 is 2.06 bits per heavy atom. The van der Waals surface area contributed by atoms with Crippen molar-refractivity contribution in [1.29, 1.82) is 0 Å². The summed E-state index contributed by atoms with van der Waals surface area (Å²) in [6.45, 7) is 0. The van der Waals surface area contributed by atoms with E-state index in [0.29, 0.717) is 0 Å². The van der Waals surface area contributed by atoms with Crippen LogP contribution in [0.4, 0.5) is 0 Å². The molecule has 1 unspecified atom stereocenters. The van der Waals surface area contributed by atoms with Gasteiger partial charge in [-0.2, -0.15) is 0 Å². The summed E-state index contributed by atoms with van der Waals surface area (Å²) in [7, 11) is 0. The topological polar surface area (TPSA) is 131 Å². The van der Waals surface area contributed by atoms with Crippen molar-refractivity contribution in [2.24, 2.45) is 5.73 Å². The molecule has 8 heteroatoms. The standard InChI is InChI=1S/C9H8BrNO6/c10-6-3(1-4(11)7(12)13)2-5(8(14)15)17-9(6)16/h2,4H,1,11H2,(H,12,13)(H,14,15). The average Bonchev–Trinajstić information content (AvgIpc) is 2.23. The molecule has 0 spiro atoms. The van der Waals surface area contributed by atoms with E-state index in [1.165, 1.54) is 0 Å². The second-order valence-electron chi connectivity index (χ2n) is 3.19. The number of carboxylic acid groups (broad SMARTS) is 2. The third-order valence-electron chi connectivity index (χ3n) is 1.94. The molecule has 1 aromatic heterocycles. The van der Waals surface area contributed by atoms with Crippen molar-refractivity contribution in [2.75, 3.05) is 0 Å². The zero-order valence-corrected chi connectivity index (χ0v) is 9.93. The largest absolute Gasteiger partial charge is 0.480 e. The minimum atomic E-state index is -1.42. The fourth-order valence-corrected chi connectivity index (χ4v) is 1.46. The molecule has 17 heavy (non-hydrogen) atoms. The van der Waals surface area contributed by atoms with E-state index in [1.54, 1.807) is 0 Å². The fraction of sp³-hybridized carbons (Fsp3) is 0.222. The molecule has 0 amide bonds. The molecule has 1 rings (SSSR count). The zero-order chi connectivity index (χ0) is 13.2. The second kappa shape index (κ2) is 5.11. The first kappa shape index (κ1) is 13.4. The molecule has 0 aliphatic rings. The molecule has 4 N–H and O–H groups in total. The highest BCUT2D eigenvalue weighted by Crippen LogP contribution is 2.15. The van der Waals surface area contributed by atoms with Gasteiger partial charge in [-0.3, -0.25) is 4.79 Å². The average molecular weight is 306 g/mol. The Kier molecular flexibility index (Phi) is 4.02. The lowest BCUT2D eigenvalue weighted by molar-refractivity contribution is -0.138. The third kappa shape index (κ3) is 3.14. The van der Waals surface area contributed by atoms with Crippen LogP contribution in [-0.4, -0.2) is 28.2 Å². The Hall–Kier alpha value is -1.67. The number of aromatic carboxylic acids is 1. The molecule has 0 aliphatic heterocycles. The van der Waals surface area contributed by atoms with Gasteiger partial charge in [-0.05, 0) is 34.0 Å². The van der Waals surface area contributed by atoms with Gasteiger partial charge < -0.3 is 20.4 Å². The molecular formula is C9H8BrNO6. The summed E-state index contributed by atoms with van der Waals surface area (Å²) in [4.78, 5) is 32.5. The zero-order valence-electron chi connectivity index (χ0n) is 8.34. The maximum atomic E-state index is 11.3. The molecule has 1 heterocycles. The molecule has 7 nitrogen and oxygen atoms in total. The van der Waals surface area contributed by atoms with Crippen LogP contribution >= 0.6 is 15.9 Å². The van der Waals surface area contributed by atoms with E-state index in [4.69, 9.17) is 15.9 Å². The fourth-order valence-electron chi connectivity index (χ4n) is 1.10. The molecule has 92 valence electrons. The van der Waals surface area contributed by atoms with Crippen LogP contribution in [0, 0.1) is 0 Å². The van der Waals surface area contributed by atoms with E-state index in [-0.39, 0.29) is 16.5 Å². The summed E-state index contributed by atoms with van der Waals surface area (Å²) in [6.07, 6.45) is -0.179. The van der Waals surface area contributed by atoms with Crippen LogP contribution < -0.4 is 11.4 Å². The summed E-state index contributed by atoms with van der Waals surface area (Å²) < 4.78 is 4.43. The van der Waals surface area contributed by atoms with E-state index in [9.17, 15) is 14.4 Å². The highest BCUT2D eigenvalue weighted by Gasteiger charge is 2.19. The Labute approximate surface area is 103 Å². The molecule has 0 radical (unpaired) electrons. The number of aliphatic carboxylic acids is 1. The summed E-state index contributed by atoms with van der Waals surface area (Å²) in [5.74, 6) is -3.23. The molecule has 0 saturated heterocycles. The first-order chi connectivity index (χ1) is 7.82. The molecule has 0 bridgehead atoms. The normalized spacial score (nSPS) is 12.1. The van der Waals surface area contributed by atoms with Gasteiger partial charge in [0.2, 0.25) is 5.76 Å². The molecule has 0 aliphatic carbocycles. The van der Waals surface area contributed by atoms with Crippen molar-refractivity contribution >= 4 is 27.9 Å². The molecule has 1 aromatic rings. The predicted octanol–water partition coefficient (Wildman–Crippen LogP) is 0.0549. The summed E-state index contributed by atoms with van der Waals surface area (Å²) >= 11 is 2.89. The van der Waals surface area contributed by atoms with E-state index < -0.39 is 29.4 Å². The monoisotopic (exact) mass is 305 g/mol. The maximum Gasteiger partial charge on any atom is 0.371 e. The Morgan fingerprint density at radius 3 is 2.53 bits per heavy atom. The van der Waals surface area contributed by atoms with Gasteiger partial charge in [0.1, 0.15) is 10.5 Å². The van der Waals surface area contributed by atoms with Gasteiger partial charge >= 0.3 is 17.6 Å². The van der Waals surface area contributed by atoms with Crippen molar-refractivity contribution in [3.05, 3.63) is 32.3 Å². The minimum Gasteiger partial charge on any atom is -0.480 e. The summed E-state index contributed by atoms with van der Waals surface area (Å²) in [5, 5.41) is 17.3. The highest BCUT2D eigenvalue weighted by atomic mass is 79.9. The van der Waals surface area contributed by atoms with Gasteiger partial charge in [-0.1, -0.05) is 0 Å². The predicted molar refractivity (Wildman–Crippen MR) is 59.0 cm³/mol. The Balaban J connectivity index is 3.19. The van der Waals surface area contributed by atoms with Gasteiger partial charge in [0.25, 0.3) is 0 Å².